The van der Waals surface area contributed by atoms with Gasteiger partial charge in [-0.3, -0.25) is 0 Å². The Labute approximate surface area is 167 Å². The van der Waals surface area contributed by atoms with Crippen molar-refractivity contribution in [2.75, 3.05) is 26.1 Å². The fraction of sp³-hybridized carbons (Fsp3) is 0.333. The summed E-state index contributed by atoms with van der Waals surface area (Å²) < 4.78 is 12.5. The SMILES string of the molecule is COC[C@H]1C[C@H](Nc2ncc3c(-c4ccc5ncnc(OC)c5c4)ccn3n2)C1. The van der Waals surface area contributed by atoms with Gasteiger partial charge in [0.25, 0.3) is 0 Å². The van der Waals surface area contributed by atoms with E-state index in [-0.39, 0.29) is 0 Å². The molecule has 1 aliphatic rings. The lowest BCUT2D eigenvalue weighted by Crippen LogP contribution is -2.38. The van der Waals surface area contributed by atoms with Crippen molar-refractivity contribution >= 4 is 22.4 Å². The van der Waals surface area contributed by atoms with E-state index in [0.717, 1.165) is 47.0 Å². The van der Waals surface area contributed by atoms with Crippen LogP contribution in [0.1, 0.15) is 12.8 Å². The molecule has 8 nitrogen and oxygen atoms in total. The third kappa shape index (κ3) is 3.25. The van der Waals surface area contributed by atoms with E-state index in [1.165, 1.54) is 6.33 Å². The van der Waals surface area contributed by atoms with Gasteiger partial charge in [-0.25, -0.2) is 19.5 Å². The topological polar surface area (TPSA) is 86.5 Å². The molecule has 0 amide bonds. The molecule has 0 radical (unpaired) electrons. The molecule has 1 fully saturated rings. The molecule has 29 heavy (non-hydrogen) atoms. The van der Waals surface area contributed by atoms with Gasteiger partial charge in [0, 0.05) is 31.5 Å². The third-order valence-electron chi connectivity index (χ3n) is 5.49. The minimum Gasteiger partial charge on any atom is -0.480 e. The zero-order valence-corrected chi connectivity index (χ0v) is 16.4. The van der Waals surface area contributed by atoms with E-state index in [4.69, 9.17) is 9.47 Å². The van der Waals surface area contributed by atoms with Crippen molar-refractivity contribution in [1.82, 2.24) is 24.6 Å². The van der Waals surface area contributed by atoms with Gasteiger partial charge in [-0.2, -0.15) is 0 Å². The molecule has 1 aliphatic carbocycles. The van der Waals surface area contributed by atoms with E-state index < -0.39 is 0 Å². The summed E-state index contributed by atoms with van der Waals surface area (Å²) in [5.41, 5.74) is 3.88. The second-order valence-corrected chi connectivity index (χ2v) is 7.39. The number of methoxy groups -OCH3 is 2. The minimum absolute atomic E-state index is 0.413. The molecule has 0 spiro atoms. The number of aromatic nitrogens is 5. The molecule has 5 rings (SSSR count). The standard InChI is InChI=1S/C21H22N6O2/c1-28-11-13-7-15(8-13)25-21-22-10-19-16(5-6-27(19)26-21)14-3-4-18-17(9-14)20(29-2)24-12-23-18/h3-6,9-10,12-13,15H,7-8,11H2,1-2H3,(H,25,26)/t13-,15-. The van der Waals surface area contributed by atoms with Crippen LogP contribution in [0.15, 0.2) is 43.0 Å². The number of anilines is 1. The summed E-state index contributed by atoms with van der Waals surface area (Å²) in [6.07, 6.45) is 7.50. The van der Waals surface area contributed by atoms with Crippen LogP contribution in [0.3, 0.4) is 0 Å². The zero-order chi connectivity index (χ0) is 19.8. The van der Waals surface area contributed by atoms with Crippen LogP contribution in [0.25, 0.3) is 27.5 Å². The van der Waals surface area contributed by atoms with Crippen LogP contribution in [0, 0.1) is 5.92 Å². The van der Waals surface area contributed by atoms with Gasteiger partial charge in [-0.15, -0.1) is 5.10 Å². The van der Waals surface area contributed by atoms with E-state index in [1.807, 2.05) is 41.2 Å². The molecule has 3 heterocycles. The normalized spacial score (nSPS) is 18.7. The molecule has 0 unspecified atom stereocenters. The van der Waals surface area contributed by atoms with E-state index in [1.54, 1.807) is 14.2 Å². The molecule has 1 aromatic carbocycles. The smallest absolute Gasteiger partial charge is 0.241 e. The highest BCUT2D eigenvalue weighted by molar-refractivity contribution is 5.91. The molecular weight excluding hydrogens is 368 g/mol. The molecule has 0 atom stereocenters. The number of benzene rings is 1. The van der Waals surface area contributed by atoms with Crippen LogP contribution in [0.2, 0.25) is 0 Å². The molecule has 8 heteroatoms. The summed E-state index contributed by atoms with van der Waals surface area (Å²) in [4.78, 5) is 13.0. The Hall–Kier alpha value is -3.26. The van der Waals surface area contributed by atoms with Crippen LogP contribution >= 0.6 is 0 Å². The first kappa shape index (κ1) is 17.8. The number of nitrogens with zero attached hydrogens (tertiary/aromatic N) is 5. The number of nitrogens with one attached hydrogen (secondary N) is 1. The van der Waals surface area contributed by atoms with Crippen LogP contribution < -0.4 is 10.1 Å². The highest BCUT2D eigenvalue weighted by Gasteiger charge is 2.29. The maximum atomic E-state index is 5.38. The summed E-state index contributed by atoms with van der Waals surface area (Å²) >= 11 is 0. The van der Waals surface area contributed by atoms with Gasteiger partial charge in [0.05, 0.1) is 29.7 Å². The van der Waals surface area contributed by atoms with E-state index >= 15 is 0 Å². The highest BCUT2D eigenvalue weighted by Crippen LogP contribution is 2.32. The first-order valence-electron chi connectivity index (χ1n) is 9.64. The largest absolute Gasteiger partial charge is 0.480 e. The Morgan fingerprint density at radius 1 is 1.14 bits per heavy atom. The lowest BCUT2D eigenvalue weighted by Gasteiger charge is -2.35. The maximum absolute atomic E-state index is 5.38. The molecule has 1 saturated carbocycles. The second-order valence-electron chi connectivity index (χ2n) is 7.39. The first-order chi connectivity index (χ1) is 14.2. The monoisotopic (exact) mass is 390 g/mol. The van der Waals surface area contributed by atoms with Gasteiger partial charge in [-0.1, -0.05) is 6.07 Å². The fourth-order valence-electron chi connectivity index (χ4n) is 3.98. The number of hydrogen-bond donors (Lipinski definition) is 1. The molecule has 3 aromatic heterocycles. The number of ether oxygens (including phenoxy) is 2. The van der Waals surface area contributed by atoms with Crippen LogP contribution in [0.5, 0.6) is 5.88 Å². The molecule has 4 aromatic rings. The first-order valence-corrected chi connectivity index (χ1v) is 9.64. The predicted octanol–water partition coefficient (Wildman–Crippen LogP) is 3.19. The van der Waals surface area contributed by atoms with Gasteiger partial charge in [0.1, 0.15) is 6.33 Å². The van der Waals surface area contributed by atoms with Gasteiger partial charge < -0.3 is 14.8 Å². The molecule has 0 aliphatic heterocycles. The lowest BCUT2D eigenvalue weighted by molar-refractivity contribution is 0.104. The second kappa shape index (κ2) is 7.29. The highest BCUT2D eigenvalue weighted by atomic mass is 16.5. The molecule has 0 bridgehead atoms. The van der Waals surface area contributed by atoms with Crippen molar-refractivity contribution in [1.29, 1.82) is 0 Å². The average Bonchev–Trinajstić information content (AvgIpc) is 3.14. The average molecular weight is 390 g/mol. The lowest BCUT2D eigenvalue weighted by atomic mass is 9.81. The third-order valence-corrected chi connectivity index (χ3v) is 5.49. The Morgan fingerprint density at radius 2 is 2.03 bits per heavy atom. The number of rotatable bonds is 6. The van der Waals surface area contributed by atoms with Gasteiger partial charge >= 0.3 is 0 Å². The summed E-state index contributed by atoms with van der Waals surface area (Å²) in [6.45, 7) is 0.820. The van der Waals surface area contributed by atoms with Crippen molar-refractivity contribution < 1.29 is 9.47 Å². The molecular formula is C21H22N6O2. The van der Waals surface area contributed by atoms with Crippen LogP contribution in [0.4, 0.5) is 5.95 Å². The molecule has 0 saturated heterocycles. The molecule has 148 valence electrons. The maximum Gasteiger partial charge on any atom is 0.241 e. The van der Waals surface area contributed by atoms with Gasteiger partial charge in [-0.05, 0) is 42.5 Å². The van der Waals surface area contributed by atoms with Gasteiger partial charge in [0.15, 0.2) is 0 Å². The minimum atomic E-state index is 0.413. The van der Waals surface area contributed by atoms with E-state index in [9.17, 15) is 0 Å². The summed E-state index contributed by atoms with van der Waals surface area (Å²) in [5, 5.41) is 8.92. The molecule has 1 N–H and O–H groups in total. The van der Waals surface area contributed by atoms with Crippen molar-refractivity contribution in [3.05, 3.63) is 43.0 Å². The van der Waals surface area contributed by atoms with Crippen LogP contribution in [-0.2, 0) is 4.74 Å². The van der Waals surface area contributed by atoms with Crippen molar-refractivity contribution in [3.63, 3.8) is 0 Å². The van der Waals surface area contributed by atoms with Gasteiger partial charge in [0.2, 0.25) is 11.8 Å². The zero-order valence-electron chi connectivity index (χ0n) is 16.4. The van der Waals surface area contributed by atoms with Crippen molar-refractivity contribution in [2.24, 2.45) is 5.92 Å². The van der Waals surface area contributed by atoms with E-state index in [0.29, 0.717) is 23.8 Å². The summed E-state index contributed by atoms with van der Waals surface area (Å²) in [6, 6.07) is 8.52. The van der Waals surface area contributed by atoms with Crippen molar-refractivity contribution in [2.45, 2.75) is 18.9 Å². The Balaban J connectivity index is 1.42. The fourth-order valence-corrected chi connectivity index (χ4v) is 3.98. The Bertz CT molecular complexity index is 1170. The summed E-state index contributed by atoms with van der Waals surface area (Å²) in [7, 11) is 3.37. The van der Waals surface area contributed by atoms with E-state index in [2.05, 4.69) is 25.4 Å². The Kier molecular flexibility index (Phi) is 4.48. The quantitative estimate of drug-likeness (QED) is 0.541. The number of hydrogen-bond acceptors (Lipinski definition) is 7. The summed E-state index contributed by atoms with van der Waals surface area (Å²) in [5.74, 6) is 1.85. The number of fused-ring (bicyclic) bond motifs is 2. The van der Waals surface area contributed by atoms with Crippen molar-refractivity contribution in [3.8, 4) is 17.0 Å². The van der Waals surface area contributed by atoms with Crippen LogP contribution in [-0.4, -0.2) is 51.4 Å². The predicted molar refractivity (Wildman–Crippen MR) is 110 cm³/mol. The Morgan fingerprint density at radius 3 is 2.86 bits per heavy atom.